The minimum Gasteiger partial charge on any atom is -0.493 e. The van der Waals surface area contributed by atoms with Crippen LogP contribution < -0.4 is 9.47 Å². The van der Waals surface area contributed by atoms with Crippen molar-refractivity contribution in [3.05, 3.63) is 73.8 Å². The van der Waals surface area contributed by atoms with E-state index in [2.05, 4.69) is 0 Å². The van der Waals surface area contributed by atoms with Gasteiger partial charge in [-0.15, -0.1) is 0 Å². The lowest BCUT2D eigenvalue weighted by Gasteiger charge is -2.12. The second kappa shape index (κ2) is 8.62. The molecule has 0 saturated carbocycles. The van der Waals surface area contributed by atoms with Gasteiger partial charge < -0.3 is 9.47 Å². The molecular formula is C17H18N2O6. The molecule has 0 saturated heterocycles. The van der Waals surface area contributed by atoms with Crippen molar-refractivity contribution in [3.63, 3.8) is 0 Å². The fraction of sp³-hybridized carbons (Fsp3) is 0.294. The van der Waals surface area contributed by atoms with Crippen molar-refractivity contribution < 1.29 is 19.3 Å². The van der Waals surface area contributed by atoms with Crippen LogP contribution in [0.5, 0.6) is 17.2 Å². The van der Waals surface area contributed by atoms with E-state index in [0.717, 1.165) is 11.1 Å². The average Bonchev–Trinajstić information content (AvgIpc) is 2.59. The number of methoxy groups -OCH3 is 1. The van der Waals surface area contributed by atoms with Gasteiger partial charge in [-0.1, -0.05) is 18.2 Å². The normalized spacial score (nSPS) is 10.3. The number of nitro groups is 2. The molecule has 0 amide bonds. The summed E-state index contributed by atoms with van der Waals surface area (Å²) >= 11 is 0. The van der Waals surface area contributed by atoms with Gasteiger partial charge in [-0.3, -0.25) is 20.2 Å². The summed E-state index contributed by atoms with van der Waals surface area (Å²) in [5.74, 6) is 1.53. The summed E-state index contributed by atoms with van der Waals surface area (Å²) in [6, 6.07) is 12.1. The van der Waals surface area contributed by atoms with Crippen molar-refractivity contribution in [2.45, 2.75) is 12.8 Å². The molecule has 0 fully saturated rings. The van der Waals surface area contributed by atoms with Crippen LogP contribution in [0.4, 0.5) is 0 Å². The zero-order chi connectivity index (χ0) is 18.2. The molecule has 8 nitrogen and oxygen atoms in total. The predicted molar refractivity (Wildman–Crippen MR) is 90.6 cm³/mol. The molecule has 0 radical (unpaired) electrons. The van der Waals surface area contributed by atoms with Gasteiger partial charge in [0, 0.05) is 22.7 Å². The van der Waals surface area contributed by atoms with Crippen LogP contribution in [0.2, 0.25) is 0 Å². The summed E-state index contributed by atoms with van der Waals surface area (Å²) < 4.78 is 11.1. The number of ether oxygens (including phenoxy) is 2. The van der Waals surface area contributed by atoms with Crippen LogP contribution >= 0.6 is 0 Å². The van der Waals surface area contributed by atoms with Crippen molar-refractivity contribution >= 4 is 0 Å². The monoisotopic (exact) mass is 346 g/mol. The SMILES string of the molecule is COc1ccc(CC[N+](=O)[O-])cc1Oc1ccc(CC[N+](=O)[O-])cc1. The Morgan fingerprint density at radius 3 is 1.96 bits per heavy atom. The van der Waals surface area contributed by atoms with Gasteiger partial charge in [0.25, 0.3) is 0 Å². The van der Waals surface area contributed by atoms with Crippen LogP contribution in [0, 0.1) is 20.2 Å². The van der Waals surface area contributed by atoms with E-state index in [9.17, 15) is 20.2 Å². The fourth-order valence-corrected chi connectivity index (χ4v) is 2.25. The molecule has 132 valence electrons. The molecule has 2 aromatic rings. The van der Waals surface area contributed by atoms with Crippen LogP contribution in [0.1, 0.15) is 11.1 Å². The molecule has 0 aromatic heterocycles. The maximum atomic E-state index is 10.5. The maximum Gasteiger partial charge on any atom is 0.207 e. The second-order valence-corrected chi connectivity index (χ2v) is 5.34. The van der Waals surface area contributed by atoms with Crippen LogP contribution in [0.25, 0.3) is 0 Å². The number of hydrogen-bond acceptors (Lipinski definition) is 6. The second-order valence-electron chi connectivity index (χ2n) is 5.34. The third-order valence-corrected chi connectivity index (χ3v) is 3.55. The first-order valence-corrected chi connectivity index (χ1v) is 7.65. The lowest BCUT2D eigenvalue weighted by molar-refractivity contribution is -0.479. The standard InChI is InChI=1S/C17H18N2O6/c1-24-16-7-4-14(9-11-19(22)23)12-17(16)25-15-5-2-13(3-6-15)8-10-18(20)21/h2-7,12H,8-11H2,1H3. The molecule has 0 aliphatic carbocycles. The predicted octanol–water partition coefficient (Wildman–Crippen LogP) is 3.13. The Labute approximate surface area is 144 Å². The van der Waals surface area contributed by atoms with Crippen molar-refractivity contribution in [1.29, 1.82) is 0 Å². The van der Waals surface area contributed by atoms with Crippen LogP contribution in [-0.2, 0) is 12.8 Å². The van der Waals surface area contributed by atoms with Gasteiger partial charge in [0.2, 0.25) is 13.1 Å². The summed E-state index contributed by atoms with van der Waals surface area (Å²) in [5.41, 5.74) is 1.62. The van der Waals surface area contributed by atoms with E-state index in [1.165, 1.54) is 7.11 Å². The summed E-state index contributed by atoms with van der Waals surface area (Å²) in [5, 5.41) is 20.9. The molecule has 0 heterocycles. The molecule has 25 heavy (non-hydrogen) atoms. The van der Waals surface area contributed by atoms with Gasteiger partial charge in [-0.25, -0.2) is 0 Å². The molecule has 0 aliphatic rings. The first-order valence-electron chi connectivity index (χ1n) is 7.65. The number of nitrogens with zero attached hydrogens (tertiary/aromatic N) is 2. The number of benzene rings is 2. The molecule has 0 bridgehead atoms. The van der Waals surface area contributed by atoms with E-state index in [-0.39, 0.29) is 22.9 Å². The number of hydrogen-bond donors (Lipinski definition) is 0. The Hall–Kier alpha value is -3.16. The van der Waals surface area contributed by atoms with E-state index in [1.54, 1.807) is 42.5 Å². The van der Waals surface area contributed by atoms with Crippen molar-refractivity contribution in [2.24, 2.45) is 0 Å². The fourth-order valence-electron chi connectivity index (χ4n) is 2.25. The van der Waals surface area contributed by atoms with Gasteiger partial charge in [0.1, 0.15) is 5.75 Å². The van der Waals surface area contributed by atoms with Gasteiger partial charge >= 0.3 is 0 Å². The Balaban J connectivity index is 2.10. The quantitative estimate of drug-likeness (QED) is 0.510. The van der Waals surface area contributed by atoms with E-state index in [4.69, 9.17) is 9.47 Å². The van der Waals surface area contributed by atoms with Gasteiger partial charge in [-0.2, -0.15) is 0 Å². The number of rotatable bonds is 9. The summed E-state index contributed by atoms with van der Waals surface area (Å²) in [7, 11) is 1.51. The molecule has 0 spiro atoms. The Morgan fingerprint density at radius 1 is 0.840 bits per heavy atom. The highest BCUT2D eigenvalue weighted by atomic mass is 16.6. The Bertz CT molecular complexity index is 745. The molecule has 2 aromatic carbocycles. The zero-order valence-corrected chi connectivity index (χ0v) is 13.7. The largest absolute Gasteiger partial charge is 0.493 e. The van der Waals surface area contributed by atoms with E-state index in [1.807, 2.05) is 0 Å². The van der Waals surface area contributed by atoms with E-state index >= 15 is 0 Å². The minimum absolute atomic E-state index is 0.119. The van der Waals surface area contributed by atoms with E-state index < -0.39 is 0 Å². The topological polar surface area (TPSA) is 105 Å². The summed E-state index contributed by atoms with van der Waals surface area (Å²) in [6.07, 6.45) is 0.653. The van der Waals surface area contributed by atoms with Crippen molar-refractivity contribution in [3.8, 4) is 17.2 Å². The smallest absolute Gasteiger partial charge is 0.207 e. The average molecular weight is 346 g/mol. The zero-order valence-electron chi connectivity index (χ0n) is 13.7. The first kappa shape index (κ1) is 18.2. The molecule has 0 aliphatic heterocycles. The van der Waals surface area contributed by atoms with E-state index in [0.29, 0.717) is 30.1 Å². The maximum absolute atomic E-state index is 10.5. The van der Waals surface area contributed by atoms with Crippen molar-refractivity contribution in [2.75, 3.05) is 20.2 Å². The highest BCUT2D eigenvalue weighted by molar-refractivity contribution is 5.45. The first-order chi connectivity index (χ1) is 12.0. The summed E-state index contributed by atoms with van der Waals surface area (Å²) in [4.78, 5) is 20.2. The third kappa shape index (κ3) is 5.76. The highest BCUT2D eigenvalue weighted by Crippen LogP contribution is 2.32. The van der Waals surface area contributed by atoms with Crippen molar-refractivity contribution in [1.82, 2.24) is 0 Å². The molecule has 0 N–H and O–H groups in total. The van der Waals surface area contributed by atoms with Gasteiger partial charge in [0.05, 0.1) is 7.11 Å². The molecule has 0 atom stereocenters. The molecule has 2 rings (SSSR count). The third-order valence-electron chi connectivity index (χ3n) is 3.55. The molecule has 0 unspecified atom stereocenters. The highest BCUT2D eigenvalue weighted by Gasteiger charge is 2.09. The van der Waals surface area contributed by atoms with Crippen LogP contribution in [0.3, 0.4) is 0 Å². The Morgan fingerprint density at radius 2 is 1.40 bits per heavy atom. The molecule has 8 heteroatoms. The minimum atomic E-state index is -0.367. The van der Waals surface area contributed by atoms with Crippen LogP contribution in [0.15, 0.2) is 42.5 Å². The summed E-state index contributed by atoms with van der Waals surface area (Å²) in [6.45, 7) is -0.274. The lowest BCUT2D eigenvalue weighted by atomic mass is 10.1. The van der Waals surface area contributed by atoms with Crippen LogP contribution in [-0.4, -0.2) is 30.0 Å². The van der Waals surface area contributed by atoms with Gasteiger partial charge in [-0.05, 0) is 35.4 Å². The molecular weight excluding hydrogens is 328 g/mol. The van der Waals surface area contributed by atoms with Gasteiger partial charge in [0.15, 0.2) is 11.5 Å². The Kier molecular flexibility index (Phi) is 6.27. The lowest BCUT2D eigenvalue weighted by Crippen LogP contribution is -2.04.